The summed E-state index contributed by atoms with van der Waals surface area (Å²) >= 11 is 0. The zero-order valence-corrected chi connectivity index (χ0v) is 19.9. The molecule has 0 fully saturated rings. The summed E-state index contributed by atoms with van der Waals surface area (Å²) in [6, 6.07) is 5.30. The standard InChI is InChI=1S/C26H22F2N8O/c1-14-18(11-32-26-25(14)30-4-7-37-26)17-8-15-9-20(31-12-19(15)24(28)23(17)27)33-21-10-16-2-5-35-6-3-29-22(35)13-36(16)34-21/h3,6,8-12,30H,2,4-5,7,13H2,1H3,(H,31,33,34). The molecule has 186 valence electrons. The van der Waals surface area contributed by atoms with Gasteiger partial charge in [-0.25, -0.2) is 23.7 Å². The molecule has 37 heavy (non-hydrogen) atoms. The van der Waals surface area contributed by atoms with Gasteiger partial charge in [0.15, 0.2) is 17.5 Å². The van der Waals surface area contributed by atoms with E-state index < -0.39 is 11.6 Å². The Kier molecular flexibility index (Phi) is 4.85. The SMILES string of the molecule is Cc1c(-c2cc3cc(Nc4cc5n(n4)Cc4nccn4CC5)ncc3c(F)c2F)cnc2c1NCCO2. The molecule has 2 aliphatic rings. The van der Waals surface area contributed by atoms with Crippen LogP contribution in [0.3, 0.4) is 0 Å². The van der Waals surface area contributed by atoms with Crippen molar-refractivity contribution in [2.24, 2.45) is 0 Å². The number of benzene rings is 1. The van der Waals surface area contributed by atoms with E-state index in [1.165, 1.54) is 12.4 Å². The highest BCUT2D eigenvalue weighted by Gasteiger charge is 2.22. The fraction of sp³-hybridized carbons (Fsp3) is 0.231. The van der Waals surface area contributed by atoms with Gasteiger partial charge < -0.3 is 19.9 Å². The van der Waals surface area contributed by atoms with Gasteiger partial charge >= 0.3 is 0 Å². The molecule has 0 amide bonds. The van der Waals surface area contributed by atoms with Crippen molar-refractivity contribution in [3.05, 3.63) is 71.7 Å². The number of anilines is 3. The maximum atomic E-state index is 15.2. The van der Waals surface area contributed by atoms with Crippen LogP contribution in [0.5, 0.6) is 5.88 Å². The molecule has 6 heterocycles. The number of halogens is 2. The Balaban J connectivity index is 1.24. The predicted molar refractivity (Wildman–Crippen MR) is 134 cm³/mol. The van der Waals surface area contributed by atoms with Gasteiger partial charge in [-0.1, -0.05) is 0 Å². The summed E-state index contributed by atoms with van der Waals surface area (Å²) < 4.78 is 40.0. The quantitative estimate of drug-likeness (QED) is 0.379. The lowest BCUT2D eigenvalue weighted by atomic mass is 9.97. The third-order valence-corrected chi connectivity index (χ3v) is 6.96. The normalized spacial score (nSPS) is 14.2. The maximum absolute atomic E-state index is 15.2. The number of rotatable bonds is 3. The number of ether oxygens (including phenoxy) is 1. The number of hydrogen-bond donors (Lipinski definition) is 2. The first-order chi connectivity index (χ1) is 18.0. The Morgan fingerprint density at radius 3 is 2.86 bits per heavy atom. The van der Waals surface area contributed by atoms with Crippen LogP contribution in [0.4, 0.5) is 26.1 Å². The van der Waals surface area contributed by atoms with Gasteiger partial charge in [0.05, 0.1) is 6.54 Å². The molecule has 0 atom stereocenters. The third-order valence-electron chi connectivity index (χ3n) is 6.96. The molecule has 2 aliphatic heterocycles. The summed E-state index contributed by atoms with van der Waals surface area (Å²) in [5, 5.41) is 11.7. The highest BCUT2D eigenvalue weighted by molar-refractivity contribution is 5.91. The number of aryl methyl sites for hydroxylation is 2. The van der Waals surface area contributed by atoms with Gasteiger partial charge in [0, 0.05) is 72.6 Å². The van der Waals surface area contributed by atoms with E-state index in [1.54, 1.807) is 18.3 Å². The lowest BCUT2D eigenvalue weighted by Gasteiger charge is -2.21. The van der Waals surface area contributed by atoms with Crippen molar-refractivity contribution in [3.63, 3.8) is 0 Å². The van der Waals surface area contributed by atoms with Gasteiger partial charge in [-0.3, -0.25) is 4.68 Å². The minimum atomic E-state index is -0.947. The largest absolute Gasteiger partial charge is 0.474 e. The van der Waals surface area contributed by atoms with Gasteiger partial charge in [-0.15, -0.1) is 0 Å². The number of nitrogens with one attached hydrogen (secondary N) is 2. The fourth-order valence-electron chi connectivity index (χ4n) is 5.04. The maximum Gasteiger partial charge on any atom is 0.237 e. The molecule has 2 N–H and O–H groups in total. The molecule has 4 aromatic heterocycles. The van der Waals surface area contributed by atoms with E-state index in [2.05, 4.69) is 35.3 Å². The Labute approximate surface area is 210 Å². The number of fused-ring (bicyclic) bond motifs is 4. The average Bonchev–Trinajstić information content (AvgIpc) is 3.48. The molecule has 1 aromatic carbocycles. The van der Waals surface area contributed by atoms with Crippen molar-refractivity contribution in [2.75, 3.05) is 23.8 Å². The summed E-state index contributed by atoms with van der Waals surface area (Å²) in [4.78, 5) is 13.0. The number of aromatic nitrogens is 6. The Bertz CT molecular complexity index is 1690. The number of hydrogen-bond acceptors (Lipinski definition) is 7. The highest BCUT2D eigenvalue weighted by atomic mass is 19.2. The molecule has 0 spiro atoms. The summed E-state index contributed by atoms with van der Waals surface area (Å²) in [6.07, 6.45) is 7.46. The summed E-state index contributed by atoms with van der Waals surface area (Å²) in [7, 11) is 0. The van der Waals surface area contributed by atoms with Crippen LogP contribution < -0.4 is 15.4 Å². The summed E-state index contributed by atoms with van der Waals surface area (Å²) in [5.74, 6) is 0.646. The van der Waals surface area contributed by atoms with E-state index in [9.17, 15) is 0 Å². The second kappa shape index (κ2) is 8.26. The molecule has 0 unspecified atom stereocenters. The molecular weight excluding hydrogens is 478 g/mol. The zero-order valence-electron chi connectivity index (χ0n) is 19.9. The van der Waals surface area contributed by atoms with Crippen molar-refractivity contribution in [1.82, 2.24) is 29.3 Å². The third kappa shape index (κ3) is 3.57. The molecule has 0 saturated carbocycles. The van der Waals surface area contributed by atoms with Crippen LogP contribution in [0.1, 0.15) is 17.1 Å². The number of pyridine rings is 2. The van der Waals surface area contributed by atoms with Gasteiger partial charge in [0.2, 0.25) is 5.88 Å². The van der Waals surface area contributed by atoms with E-state index in [-0.39, 0.29) is 10.9 Å². The van der Waals surface area contributed by atoms with Crippen LogP contribution in [0.2, 0.25) is 0 Å². The molecule has 7 rings (SSSR count). The lowest BCUT2D eigenvalue weighted by Crippen LogP contribution is -2.20. The van der Waals surface area contributed by atoms with Crippen LogP contribution in [-0.2, 0) is 19.5 Å². The molecule has 0 aliphatic carbocycles. The van der Waals surface area contributed by atoms with Crippen LogP contribution in [-0.4, -0.2) is 42.5 Å². The molecule has 0 bridgehead atoms. The smallest absolute Gasteiger partial charge is 0.237 e. The first kappa shape index (κ1) is 21.7. The highest BCUT2D eigenvalue weighted by Crippen LogP contribution is 2.38. The second-order valence-electron chi connectivity index (χ2n) is 9.19. The topological polar surface area (TPSA) is 94.7 Å². The van der Waals surface area contributed by atoms with Crippen LogP contribution in [0, 0.1) is 18.6 Å². The number of imidazole rings is 1. The van der Waals surface area contributed by atoms with Gasteiger partial charge in [-0.05, 0) is 30.0 Å². The van der Waals surface area contributed by atoms with Gasteiger partial charge in [-0.2, -0.15) is 5.10 Å². The molecule has 9 nitrogen and oxygen atoms in total. The monoisotopic (exact) mass is 500 g/mol. The van der Waals surface area contributed by atoms with Gasteiger partial charge in [0.25, 0.3) is 0 Å². The van der Waals surface area contributed by atoms with Crippen molar-refractivity contribution >= 4 is 28.1 Å². The van der Waals surface area contributed by atoms with Crippen LogP contribution >= 0.6 is 0 Å². The van der Waals surface area contributed by atoms with Crippen molar-refractivity contribution in [1.29, 1.82) is 0 Å². The minimum Gasteiger partial charge on any atom is -0.474 e. The van der Waals surface area contributed by atoms with Crippen molar-refractivity contribution < 1.29 is 13.5 Å². The van der Waals surface area contributed by atoms with Gasteiger partial charge in [0.1, 0.15) is 23.9 Å². The first-order valence-corrected chi connectivity index (χ1v) is 12.0. The Morgan fingerprint density at radius 2 is 1.95 bits per heavy atom. The Hall–Kier alpha value is -4.54. The zero-order chi connectivity index (χ0) is 25.1. The minimum absolute atomic E-state index is 0.101. The molecular formula is C26H22F2N8O. The molecule has 5 aromatic rings. The fourth-order valence-corrected chi connectivity index (χ4v) is 5.04. The van der Waals surface area contributed by atoms with E-state index >= 15 is 8.78 Å². The average molecular weight is 501 g/mol. The molecule has 11 heteroatoms. The Morgan fingerprint density at radius 1 is 1.03 bits per heavy atom. The van der Waals surface area contributed by atoms with Crippen LogP contribution in [0.25, 0.3) is 21.9 Å². The molecule has 0 saturated heterocycles. The van der Waals surface area contributed by atoms with E-state index in [1.807, 2.05) is 23.9 Å². The summed E-state index contributed by atoms with van der Waals surface area (Å²) in [5.41, 5.74) is 3.15. The van der Waals surface area contributed by atoms with Crippen LogP contribution in [0.15, 0.2) is 43.0 Å². The van der Waals surface area contributed by atoms with Crippen molar-refractivity contribution in [3.8, 4) is 17.0 Å². The van der Waals surface area contributed by atoms with E-state index in [0.717, 1.165) is 30.0 Å². The van der Waals surface area contributed by atoms with Crippen molar-refractivity contribution in [2.45, 2.75) is 26.4 Å². The second-order valence-corrected chi connectivity index (χ2v) is 9.19. The predicted octanol–water partition coefficient (Wildman–Crippen LogP) is 4.43. The first-order valence-electron chi connectivity index (χ1n) is 12.0. The summed E-state index contributed by atoms with van der Waals surface area (Å²) in [6.45, 7) is 4.38. The number of nitrogens with zero attached hydrogens (tertiary/aromatic N) is 6. The molecule has 0 radical (unpaired) electrons. The van der Waals surface area contributed by atoms with E-state index in [4.69, 9.17) is 4.74 Å². The lowest BCUT2D eigenvalue weighted by molar-refractivity contribution is 0.310. The van der Waals surface area contributed by atoms with E-state index in [0.29, 0.717) is 53.8 Å².